The molecule has 2 aromatic rings. The molecule has 23 heavy (non-hydrogen) atoms. The number of carbonyl (C=O) groups is 1. The van der Waals surface area contributed by atoms with Crippen molar-refractivity contribution in [3.05, 3.63) is 40.9 Å². The van der Waals surface area contributed by atoms with Gasteiger partial charge in [-0.25, -0.2) is 4.79 Å². The molecule has 0 aliphatic rings. The van der Waals surface area contributed by atoms with Gasteiger partial charge in [-0.15, -0.1) is 10.2 Å². The maximum absolute atomic E-state index is 11.9. The van der Waals surface area contributed by atoms with Gasteiger partial charge < -0.3 is 10.4 Å². The summed E-state index contributed by atoms with van der Waals surface area (Å²) in [6, 6.07) is 9.51. The predicted octanol–water partition coefficient (Wildman–Crippen LogP) is 2.97. The van der Waals surface area contributed by atoms with Crippen molar-refractivity contribution in [2.24, 2.45) is 0 Å². The summed E-state index contributed by atoms with van der Waals surface area (Å²) in [6.07, 6.45) is 1.57. The van der Waals surface area contributed by atoms with Crippen LogP contribution in [0.3, 0.4) is 0 Å². The van der Waals surface area contributed by atoms with Crippen LogP contribution in [0.5, 0.6) is 0 Å². The molecular weight excluding hydrogens is 312 g/mol. The van der Waals surface area contributed by atoms with Crippen molar-refractivity contribution in [1.29, 1.82) is 0 Å². The van der Waals surface area contributed by atoms with Gasteiger partial charge in [0.1, 0.15) is 5.01 Å². The fourth-order valence-electron chi connectivity index (χ4n) is 2.26. The van der Waals surface area contributed by atoms with Gasteiger partial charge in [-0.2, -0.15) is 0 Å². The first kappa shape index (κ1) is 17.4. The summed E-state index contributed by atoms with van der Waals surface area (Å²) >= 11 is 1.37. The van der Waals surface area contributed by atoms with Crippen molar-refractivity contribution in [2.75, 3.05) is 11.9 Å². The van der Waals surface area contributed by atoms with E-state index in [4.69, 9.17) is 5.11 Å². The molecule has 0 saturated carbocycles. The Morgan fingerprint density at radius 2 is 1.96 bits per heavy atom. The highest BCUT2D eigenvalue weighted by molar-refractivity contribution is 7.15. The first-order chi connectivity index (χ1) is 11.2. The van der Waals surface area contributed by atoms with E-state index in [-0.39, 0.29) is 24.6 Å². The fraction of sp³-hybridized carbons (Fsp3) is 0.438. The van der Waals surface area contributed by atoms with Gasteiger partial charge in [-0.1, -0.05) is 55.5 Å². The zero-order chi connectivity index (χ0) is 16.7. The SMILES string of the molecule is CCC(CO)NC(=O)Nc1nnc(C(CC)c2ccccc2)s1. The Morgan fingerprint density at radius 1 is 1.22 bits per heavy atom. The number of carbonyl (C=O) groups excluding carboxylic acids is 1. The molecule has 0 saturated heterocycles. The standard InChI is InChI=1S/C16H22N4O2S/c1-3-12(10-21)17-15(22)18-16-20-19-14(23-16)13(4-2)11-8-6-5-7-9-11/h5-9,12-13,21H,3-4,10H2,1-2H3,(H2,17,18,20,22). The monoisotopic (exact) mass is 334 g/mol. The molecule has 2 rings (SSSR count). The summed E-state index contributed by atoms with van der Waals surface area (Å²) in [5.74, 6) is 0.174. The van der Waals surface area contributed by atoms with Gasteiger partial charge in [0.15, 0.2) is 0 Å². The van der Waals surface area contributed by atoms with Crippen LogP contribution >= 0.6 is 11.3 Å². The Kier molecular flexibility index (Phi) is 6.49. The third kappa shape index (κ3) is 4.74. The van der Waals surface area contributed by atoms with Gasteiger partial charge in [0.25, 0.3) is 0 Å². The molecule has 2 atom stereocenters. The summed E-state index contributed by atoms with van der Waals surface area (Å²) in [4.78, 5) is 11.9. The summed E-state index contributed by atoms with van der Waals surface area (Å²) in [5.41, 5.74) is 1.19. The van der Waals surface area contributed by atoms with E-state index in [0.29, 0.717) is 11.6 Å². The van der Waals surface area contributed by atoms with Crippen LogP contribution in [-0.2, 0) is 0 Å². The summed E-state index contributed by atoms with van der Waals surface area (Å²) in [6.45, 7) is 3.92. The van der Waals surface area contributed by atoms with Crippen molar-refractivity contribution in [3.8, 4) is 0 Å². The number of anilines is 1. The van der Waals surface area contributed by atoms with Crippen molar-refractivity contribution in [3.63, 3.8) is 0 Å². The lowest BCUT2D eigenvalue weighted by Crippen LogP contribution is -2.39. The quantitative estimate of drug-likeness (QED) is 0.726. The van der Waals surface area contributed by atoms with E-state index in [0.717, 1.165) is 11.4 Å². The number of amides is 2. The maximum atomic E-state index is 11.9. The molecule has 0 aliphatic heterocycles. The molecule has 6 nitrogen and oxygen atoms in total. The molecule has 1 aromatic carbocycles. The molecule has 0 fully saturated rings. The van der Waals surface area contributed by atoms with Gasteiger partial charge in [-0.05, 0) is 18.4 Å². The van der Waals surface area contributed by atoms with E-state index in [1.807, 2.05) is 25.1 Å². The number of aliphatic hydroxyl groups is 1. The van der Waals surface area contributed by atoms with E-state index in [9.17, 15) is 4.79 Å². The number of nitrogens with zero attached hydrogens (tertiary/aromatic N) is 2. The fourth-order valence-corrected chi connectivity index (χ4v) is 3.21. The second-order valence-electron chi connectivity index (χ2n) is 5.20. The maximum Gasteiger partial charge on any atom is 0.321 e. The van der Waals surface area contributed by atoms with Crippen LogP contribution in [0.1, 0.15) is 43.2 Å². The number of nitrogens with one attached hydrogen (secondary N) is 2. The van der Waals surface area contributed by atoms with Gasteiger partial charge in [0, 0.05) is 5.92 Å². The summed E-state index contributed by atoms with van der Waals surface area (Å²) in [7, 11) is 0. The van der Waals surface area contributed by atoms with Crippen LogP contribution < -0.4 is 10.6 Å². The minimum absolute atomic E-state index is 0.0861. The Balaban J connectivity index is 2.03. The highest BCUT2D eigenvalue weighted by Crippen LogP contribution is 2.31. The second kappa shape index (κ2) is 8.59. The number of benzene rings is 1. The van der Waals surface area contributed by atoms with Crippen LogP contribution in [0.4, 0.5) is 9.93 Å². The Labute approximate surface area is 140 Å². The molecule has 3 N–H and O–H groups in total. The molecule has 2 unspecified atom stereocenters. The van der Waals surface area contributed by atoms with Crippen molar-refractivity contribution in [1.82, 2.24) is 15.5 Å². The highest BCUT2D eigenvalue weighted by atomic mass is 32.1. The molecule has 1 aromatic heterocycles. The van der Waals surface area contributed by atoms with Gasteiger partial charge in [-0.3, -0.25) is 5.32 Å². The van der Waals surface area contributed by atoms with E-state index >= 15 is 0 Å². The van der Waals surface area contributed by atoms with E-state index in [1.54, 1.807) is 0 Å². The first-order valence-corrected chi connectivity index (χ1v) is 8.56. The van der Waals surface area contributed by atoms with E-state index < -0.39 is 0 Å². The Morgan fingerprint density at radius 3 is 2.57 bits per heavy atom. The smallest absolute Gasteiger partial charge is 0.321 e. The number of hydrogen-bond acceptors (Lipinski definition) is 5. The Bertz CT molecular complexity index is 614. The highest BCUT2D eigenvalue weighted by Gasteiger charge is 2.18. The minimum Gasteiger partial charge on any atom is -0.394 e. The molecule has 0 aliphatic carbocycles. The van der Waals surface area contributed by atoms with Crippen LogP contribution in [0.15, 0.2) is 30.3 Å². The van der Waals surface area contributed by atoms with Crippen LogP contribution in [0.25, 0.3) is 0 Å². The van der Waals surface area contributed by atoms with Crippen LogP contribution in [0.2, 0.25) is 0 Å². The van der Waals surface area contributed by atoms with Crippen molar-refractivity contribution < 1.29 is 9.90 Å². The molecule has 1 heterocycles. The third-order valence-corrected chi connectivity index (χ3v) is 4.57. The molecule has 0 radical (unpaired) electrons. The molecular formula is C16H22N4O2S. The zero-order valence-electron chi connectivity index (χ0n) is 13.3. The second-order valence-corrected chi connectivity index (χ2v) is 6.21. The molecule has 2 amide bonds. The number of aliphatic hydroxyl groups excluding tert-OH is 1. The van der Waals surface area contributed by atoms with Crippen molar-refractivity contribution >= 4 is 22.5 Å². The van der Waals surface area contributed by atoms with Crippen molar-refractivity contribution in [2.45, 2.75) is 38.6 Å². The first-order valence-electron chi connectivity index (χ1n) is 7.74. The molecule has 0 spiro atoms. The van der Waals surface area contributed by atoms with E-state index in [1.165, 1.54) is 16.9 Å². The van der Waals surface area contributed by atoms with Crippen LogP contribution in [0, 0.1) is 0 Å². The predicted molar refractivity (Wildman–Crippen MR) is 91.8 cm³/mol. The average Bonchev–Trinajstić information content (AvgIpc) is 3.02. The molecule has 124 valence electrons. The summed E-state index contributed by atoms with van der Waals surface area (Å²) in [5, 5.41) is 24.1. The largest absolute Gasteiger partial charge is 0.394 e. The normalized spacial score (nSPS) is 13.3. The number of urea groups is 1. The van der Waals surface area contributed by atoms with Gasteiger partial charge >= 0.3 is 6.03 Å². The van der Waals surface area contributed by atoms with Gasteiger partial charge in [0.2, 0.25) is 5.13 Å². The topological polar surface area (TPSA) is 87.1 Å². The van der Waals surface area contributed by atoms with Gasteiger partial charge in [0.05, 0.1) is 12.6 Å². The third-order valence-electron chi connectivity index (χ3n) is 3.62. The summed E-state index contributed by atoms with van der Waals surface area (Å²) < 4.78 is 0. The Hall–Kier alpha value is -1.99. The average molecular weight is 334 g/mol. The number of hydrogen-bond donors (Lipinski definition) is 3. The molecule has 0 bridgehead atoms. The number of rotatable bonds is 7. The lowest BCUT2D eigenvalue weighted by Gasteiger charge is -2.13. The molecule has 7 heteroatoms. The lowest BCUT2D eigenvalue weighted by molar-refractivity contribution is 0.222. The minimum atomic E-state index is -0.374. The van der Waals surface area contributed by atoms with E-state index in [2.05, 4.69) is 39.9 Å². The van der Waals surface area contributed by atoms with Crippen LogP contribution in [-0.4, -0.2) is 34.0 Å². The zero-order valence-corrected chi connectivity index (χ0v) is 14.1. The lowest BCUT2D eigenvalue weighted by atomic mass is 9.97. The number of aromatic nitrogens is 2.